The molecule has 3 heterocycles. The Kier molecular flexibility index (Phi) is 3.47. The van der Waals surface area contributed by atoms with E-state index in [0.717, 1.165) is 37.0 Å². The van der Waals surface area contributed by atoms with Crippen molar-refractivity contribution < 1.29 is 4.74 Å². The van der Waals surface area contributed by atoms with Crippen LogP contribution in [0.25, 0.3) is 0 Å². The molecule has 0 radical (unpaired) electrons. The van der Waals surface area contributed by atoms with Crippen molar-refractivity contribution in [3.63, 3.8) is 0 Å². The average molecular weight is 302 g/mol. The van der Waals surface area contributed by atoms with Gasteiger partial charge in [-0.05, 0) is 31.4 Å². The molecule has 6 heteroatoms. The molecule has 4 rings (SSSR count). The minimum atomic E-state index is 0.562. The maximum atomic E-state index is 5.83. The van der Waals surface area contributed by atoms with Gasteiger partial charge in [0.15, 0.2) is 0 Å². The molecule has 0 N–H and O–H groups in total. The Balaban J connectivity index is 1.31. The lowest BCUT2D eigenvalue weighted by Crippen LogP contribution is -2.21. The summed E-state index contributed by atoms with van der Waals surface area (Å²) < 4.78 is 5.83. The van der Waals surface area contributed by atoms with Gasteiger partial charge in [-0.2, -0.15) is 0 Å². The zero-order chi connectivity index (χ0) is 14.1. The molecule has 0 amide bonds. The zero-order valence-corrected chi connectivity index (χ0v) is 12.6. The molecule has 2 aromatic heterocycles. The molecular formula is C15H18N4OS. The second-order valence-electron chi connectivity index (χ2n) is 5.79. The van der Waals surface area contributed by atoms with Gasteiger partial charge in [0.25, 0.3) is 0 Å². The third-order valence-corrected chi connectivity index (χ3v) is 5.19. The number of nitrogens with zero attached hydrogens (tertiary/aromatic N) is 4. The molecule has 1 aliphatic heterocycles. The molecule has 2 aliphatic rings. The van der Waals surface area contributed by atoms with Gasteiger partial charge in [-0.3, -0.25) is 4.98 Å². The topological polar surface area (TPSA) is 51.1 Å². The number of pyridine rings is 1. The predicted octanol–water partition coefficient (Wildman–Crippen LogP) is 2.72. The first-order valence-electron chi connectivity index (χ1n) is 7.49. The Morgan fingerprint density at radius 3 is 2.86 bits per heavy atom. The normalized spacial score (nSPS) is 21.7. The highest BCUT2D eigenvalue weighted by atomic mass is 32.1. The summed E-state index contributed by atoms with van der Waals surface area (Å²) in [6.45, 7) is 2.84. The standard InChI is InChI=1S/C15H18N4OS/c1-2-12(1)14-17-18-15(21-14)19-8-5-11(9-19)10-20-13-3-6-16-7-4-13/h3-4,6-7,11-12H,1-2,5,8-10H2. The van der Waals surface area contributed by atoms with E-state index in [1.807, 2.05) is 12.1 Å². The van der Waals surface area contributed by atoms with E-state index in [-0.39, 0.29) is 0 Å². The second-order valence-corrected chi connectivity index (χ2v) is 6.78. The molecule has 1 saturated heterocycles. The van der Waals surface area contributed by atoms with Gasteiger partial charge in [0, 0.05) is 37.3 Å². The fourth-order valence-electron chi connectivity index (χ4n) is 2.64. The van der Waals surface area contributed by atoms with Crippen LogP contribution in [0.5, 0.6) is 5.75 Å². The first kappa shape index (κ1) is 13.0. The largest absolute Gasteiger partial charge is 0.493 e. The number of hydrogen-bond donors (Lipinski definition) is 0. The highest BCUT2D eigenvalue weighted by Crippen LogP contribution is 2.43. The quantitative estimate of drug-likeness (QED) is 0.850. The van der Waals surface area contributed by atoms with Crippen LogP contribution in [-0.4, -0.2) is 34.9 Å². The van der Waals surface area contributed by atoms with Crippen molar-refractivity contribution in [1.82, 2.24) is 15.2 Å². The lowest BCUT2D eigenvalue weighted by molar-refractivity contribution is 0.261. The smallest absolute Gasteiger partial charge is 0.208 e. The molecule has 21 heavy (non-hydrogen) atoms. The fourth-order valence-corrected chi connectivity index (χ4v) is 3.69. The van der Waals surface area contributed by atoms with E-state index >= 15 is 0 Å². The number of anilines is 1. The maximum absolute atomic E-state index is 5.83. The lowest BCUT2D eigenvalue weighted by atomic mass is 10.1. The number of ether oxygens (including phenoxy) is 1. The fraction of sp³-hybridized carbons (Fsp3) is 0.533. The molecule has 110 valence electrons. The highest BCUT2D eigenvalue weighted by molar-refractivity contribution is 7.15. The number of rotatable bonds is 5. The van der Waals surface area contributed by atoms with Crippen molar-refractivity contribution in [2.75, 3.05) is 24.6 Å². The summed E-state index contributed by atoms with van der Waals surface area (Å²) in [5.41, 5.74) is 0. The van der Waals surface area contributed by atoms with Gasteiger partial charge in [0.2, 0.25) is 5.13 Å². The Morgan fingerprint density at radius 1 is 1.19 bits per heavy atom. The van der Waals surface area contributed by atoms with Crippen LogP contribution >= 0.6 is 11.3 Å². The van der Waals surface area contributed by atoms with E-state index in [0.29, 0.717) is 11.8 Å². The predicted molar refractivity (Wildman–Crippen MR) is 81.9 cm³/mol. The average Bonchev–Trinajstić information content (AvgIpc) is 3.08. The van der Waals surface area contributed by atoms with Crippen molar-refractivity contribution in [1.29, 1.82) is 0 Å². The van der Waals surface area contributed by atoms with Gasteiger partial charge < -0.3 is 9.64 Å². The molecule has 1 atom stereocenters. The zero-order valence-electron chi connectivity index (χ0n) is 11.8. The van der Waals surface area contributed by atoms with Crippen LogP contribution in [0.3, 0.4) is 0 Å². The monoisotopic (exact) mass is 302 g/mol. The van der Waals surface area contributed by atoms with Crippen molar-refractivity contribution in [2.24, 2.45) is 5.92 Å². The Bertz CT molecular complexity index is 599. The van der Waals surface area contributed by atoms with E-state index < -0.39 is 0 Å². The molecular weight excluding hydrogens is 284 g/mol. The van der Waals surface area contributed by atoms with Crippen LogP contribution < -0.4 is 9.64 Å². The summed E-state index contributed by atoms with van der Waals surface area (Å²) in [5.74, 6) is 2.16. The van der Waals surface area contributed by atoms with Gasteiger partial charge in [-0.1, -0.05) is 11.3 Å². The van der Waals surface area contributed by atoms with E-state index in [1.165, 1.54) is 17.8 Å². The summed E-state index contributed by atoms with van der Waals surface area (Å²) >= 11 is 1.77. The SMILES string of the molecule is c1cc(OCC2CCN(c3nnc(C4CC4)s3)C2)ccn1. The summed E-state index contributed by atoms with van der Waals surface area (Å²) in [7, 11) is 0. The van der Waals surface area contributed by atoms with Gasteiger partial charge in [0.05, 0.1) is 6.61 Å². The summed E-state index contributed by atoms with van der Waals surface area (Å²) in [5, 5.41) is 11.0. The van der Waals surface area contributed by atoms with Crippen molar-refractivity contribution in [3.05, 3.63) is 29.5 Å². The van der Waals surface area contributed by atoms with Crippen LogP contribution in [-0.2, 0) is 0 Å². The minimum Gasteiger partial charge on any atom is -0.493 e. The van der Waals surface area contributed by atoms with Crippen molar-refractivity contribution in [3.8, 4) is 5.75 Å². The maximum Gasteiger partial charge on any atom is 0.208 e. The molecule has 0 bridgehead atoms. The number of aromatic nitrogens is 3. The third kappa shape index (κ3) is 3.00. The van der Waals surface area contributed by atoms with E-state index in [2.05, 4.69) is 20.1 Å². The van der Waals surface area contributed by atoms with E-state index in [4.69, 9.17) is 4.74 Å². The molecule has 2 aromatic rings. The van der Waals surface area contributed by atoms with Gasteiger partial charge >= 0.3 is 0 Å². The summed E-state index contributed by atoms with van der Waals surface area (Å²) in [6, 6.07) is 3.80. The van der Waals surface area contributed by atoms with Crippen LogP contribution in [0.2, 0.25) is 0 Å². The lowest BCUT2D eigenvalue weighted by Gasteiger charge is -2.14. The number of hydrogen-bond acceptors (Lipinski definition) is 6. The minimum absolute atomic E-state index is 0.562. The van der Waals surface area contributed by atoms with Gasteiger partial charge in [-0.15, -0.1) is 10.2 Å². The van der Waals surface area contributed by atoms with Crippen molar-refractivity contribution in [2.45, 2.75) is 25.2 Å². The molecule has 1 saturated carbocycles. The van der Waals surface area contributed by atoms with Crippen LogP contribution in [0.15, 0.2) is 24.5 Å². The Morgan fingerprint density at radius 2 is 2.05 bits per heavy atom. The Labute approximate surface area is 128 Å². The highest BCUT2D eigenvalue weighted by Gasteiger charge is 2.30. The van der Waals surface area contributed by atoms with E-state index in [1.54, 1.807) is 23.7 Å². The van der Waals surface area contributed by atoms with Crippen LogP contribution in [0, 0.1) is 5.92 Å². The molecule has 2 fully saturated rings. The van der Waals surface area contributed by atoms with Gasteiger partial charge in [-0.25, -0.2) is 0 Å². The molecule has 1 unspecified atom stereocenters. The summed E-state index contributed by atoms with van der Waals surface area (Å²) in [4.78, 5) is 6.35. The summed E-state index contributed by atoms with van der Waals surface area (Å²) in [6.07, 6.45) is 7.26. The molecule has 5 nitrogen and oxygen atoms in total. The third-order valence-electron chi connectivity index (χ3n) is 4.05. The van der Waals surface area contributed by atoms with Crippen molar-refractivity contribution >= 4 is 16.5 Å². The van der Waals surface area contributed by atoms with E-state index in [9.17, 15) is 0 Å². The second kappa shape index (κ2) is 5.60. The van der Waals surface area contributed by atoms with Gasteiger partial charge in [0.1, 0.15) is 10.8 Å². The van der Waals surface area contributed by atoms with Crippen LogP contribution in [0.4, 0.5) is 5.13 Å². The molecule has 0 aromatic carbocycles. The Hall–Kier alpha value is -1.69. The first-order valence-corrected chi connectivity index (χ1v) is 8.31. The molecule has 0 spiro atoms. The first-order chi connectivity index (χ1) is 10.4. The molecule has 1 aliphatic carbocycles. The van der Waals surface area contributed by atoms with Crippen LogP contribution in [0.1, 0.15) is 30.2 Å².